The Kier molecular flexibility index (Phi) is 5.17. The normalized spacial score (nSPS) is 12.1. The van der Waals surface area contributed by atoms with E-state index in [4.69, 9.17) is 0 Å². The van der Waals surface area contributed by atoms with Crippen molar-refractivity contribution in [3.05, 3.63) is 23.8 Å². The van der Waals surface area contributed by atoms with Crippen LogP contribution >= 0.6 is 0 Å². The molecule has 0 spiro atoms. The summed E-state index contributed by atoms with van der Waals surface area (Å²) in [4.78, 5) is 10.9. The van der Waals surface area contributed by atoms with E-state index in [0.29, 0.717) is 12.0 Å². The predicted octanol–water partition coefficient (Wildman–Crippen LogP) is 2.07. The number of ether oxygens (including phenoxy) is 1. The number of carbonyl (C=O) groups excluding carboxylic acids is 1. The Morgan fingerprint density at radius 1 is 1.55 bits per heavy atom. The van der Waals surface area contributed by atoms with Crippen LogP contribution in [0.3, 0.4) is 0 Å². The number of hydrogen-bond acceptors (Lipinski definition) is 2. The van der Waals surface area contributed by atoms with Gasteiger partial charge in [-0.25, -0.2) is 4.79 Å². The Morgan fingerprint density at radius 2 is 2.18 bits per heavy atom. The van der Waals surface area contributed by atoms with E-state index in [-0.39, 0.29) is 5.97 Å². The van der Waals surface area contributed by atoms with Crippen molar-refractivity contribution in [1.29, 1.82) is 0 Å². The second-order valence-electron chi connectivity index (χ2n) is 2.06. The van der Waals surface area contributed by atoms with Gasteiger partial charge in [-0.3, -0.25) is 0 Å². The fourth-order valence-electron chi connectivity index (χ4n) is 0.674. The summed E-state index contributed by atoms with van der Waals surface area (Å²) in [5.74, 6) is -0.245. The van der Waals surface area contributed by atoms with Gasteiger partial charge in [0.15, 0.2) is 0 Å². The summed E-state index contributed by atoms with van der Waals surface area (Å²) in [6, 6.07) is 0. The molecule has 0 radical (unpaired) electrons. The van der Waals surface area contributed by atoms with Crippen molar-refractivity contribution >= 4 is 5.97 Å². The van der Waals surface area contributed by atoms with Gasteiger partial charge >= 0.3 is 5.97 Å². The molecular formula is C9H14O2. The number of esters is 1. The molecule has 0 aromatic rings. The van der Waals surface area contributed by atoms with Crippen LogP contribution in [0.2, 0.25) is 0 Å². The van der Waals surface area contributed by atoms with Crippen LogP contribution in [-0.2, 0) is 9.53 Å². The first kappa shape index (κ1) is 9.95. The maximum Gasteiger partial charge on any atom is 0.333 e. The van der Waals surface area contributed by atoms with Crippen LogP contribution in [0.4, 0.5) is 0 Å². The average Bonchev–Trinajstić information content (AvgIpc) is 2.05. The van der Waals surface area contributed by atoms with Crippen LogP contribution in [0.15, 0.2) is 23.8 Å². The van der Waals surface area contributed by atoms with E-state index in [1.807, 2.05) is 26.0 Å². The molecule has 0 aromatic heterocycles. The van der Waals surface area contributed by atoms with Crippen LogP contribution in [-0.4, -0.2) is 13.1 Å². The van der Waals surface area contributed by atoms with Crippen LogP contribution in [0.5, 0.6) is 0 Å². The molecule has 0 aliphatic carbocycles. The van der Waals surface area contributed by atoms with Crippen LogP contribution in [0.1, 0.15) is 20.3 Å². The highest BCUT2D eigenvalue weighted by atomic mass is 16.5. The van der Waals surface area contributed by atoms with Gasteiger partial charge in [-0.2, -0.15) is 0 Å². The van der Waals surface area contributed by atoms with E-state index in [1.54, 1.807) is 6.08 Å². The lowest BCUT2D eigenvalue weighted by Gasteiger charge is -1.98. The molecule has 62 valence electrons. The molecule has 0 bridgehead atoms. The monoisotopic (exact) mass is 154 g/mol. The van der Waals surface area contributed by atoms with Crippen molar-refractivity contribution in [2.75, 3.05) is 7.11 Å². The first-order chi connectivity index (χ1) is 5.26. The molecule has 11 heavy (non-hydrogen) atoms. The zero-order valence-electron chi connectivity index (χ0n) is 7.26. The first-order valence-corrected chi connectivity index (χ1v) is 3.66. The Hall–Kier alpha value is -1.05. The fourth-order valence-corrected chi connectivity index (χ4v) is 0.674. The van der Waals surface area contributed by atoms with Crippen molar-refractivity contribution in [1.82, 2.24) is 0 Å². The molecule has 0 amide bonds. The standard InChI is InChI=1S/C9H14O2/c1-4-6-7-8(5-2)9(10)11-3/h4,6-7H,5H2,1-3H3/b6-4-,8-7+. The largest absolute Gasteiger partial charge is 0.466 e. The van der Waals surface area contributed by atoms with Crippen molar-refractivity contribution in [2.45, 2.75) is 20.3 Å². The second-order valence-corrected chi connectivity index (χ2v) is 2.06. The molecule has 0 saturated carbocycles. The summed E-state index contributed by atoms with van der Waals surface area (Å²) >= 11 is 0. The Bertz CT molecular complexity index is 178. The minimum Gasteiger partial charge on any atom is -0.466 e. The summed E-state index contributed by atoms with van der Waals surface area (Å²) in [5, 5.41) is 0. The lowest BCUT2D eigenvalue weighted by molar-refractivity contribution is -0.136. The molecule has 0 rings (SSSR count). The van der Waals surface area contributed by atoms with E-state index in [0.717, 1.165) is 0 Å². The molecule has 0 aromatic carbocycles. The van der Waals surface area contributed by atoms with Gasteiger partial charge in [0.05, 0.1) is 7.11 Å². The number of hydrogen-bond donors (Lipinski definition) is 0. The lowest BCUT2D eigenvalue weighted by atomic mass is 10.2. The maximum atomic E-state index is 10.9. The predicted molar refractivity (Wildman–Crippen MR) is 45.2 cm³/mol. The maximum absolute atomic E-state index is 10.9. The number of allylic oxidation sites excluding steroid dienone is 3. The van der Waals surface area contributed by atoms with Crippen LogP contribution in [0, 0.1) is 0 Å². The smallest absolute Gasteiger partial charge is 0.333 e. The minimum atomic E-state index is -0.245. The van der Waals surface area contributed by atoms with Gasteiger partial charge in [0.2, 0.25) is 0 Å². The van der Waals surface area contributed by atoms with Gasteiger partial charge in [0, 0.05) is 5.57 Å². The molecule has 2 nitrogen and oxygen atoms in total. The highest BCUT2D eigenvalue weighted by molar-refractivity contribution is 5.88. The number of carbonyl (C=O) groups is 1. The molecule has 0 aliphatic rings. The molecule has 0 N–H and O–H groups in total. The third-order valence-corrected chi connectivity index (χ3v) is 1.32. The third-order valence-electron chi connectivity index (χ3n) is 1.32. The van der Waals surface area contributed by atoms with Crippen molar-refractivity contribution in [3.63, 3.8) is 0 Å². The summed E-state index contributed by atoms with van der Waals surface area (Å²) in [6.07, 6.45) is 6.18. The topological polar surface area (TPSA) is 26.3 Å². The lowest BCUT2D eigenvalue weighted by Crippen LogP contribution is -2.03. The summed E-state index contributed by atoms with van der Waals surface area (Å²) in [5.41, 5.74) is 0.700. The van der Waals surface area contributed by atoms with E-state index < -0.39 is 0 Å². The molecule has 0 fully saturated rings. The van der Waals surface area contributed by atoms with E-state index in [1.165, 1.54) is 7.11 Å². The van der Waals surface area contributed by atoms with Gasteiger partial charge in [-0.15, -0.1) is 0 Å². The van der Waals surface area contributed by atoms with Gasteiger partial charge < -0.3 is 4.74 Å². The molecule has 0 unspecified atom stereocenters. The molecule has 2 heteroatoms. The summed E-state index contributed by atoms with van der Waals surface area (Å²) < 4.78 is 4.56. The van der Waals surface area contributed by atoms with Gasteiger partial charge in [0.25, 0.3) is 0 Å². The van der Waals surface area contributed by atoms with Crippen molar-refractivity contribution in [2.24, 2.45) is 0 Å². The van der Waals surface area contributed by atoms with E-state index in [2.05, 4.69) is 4.74 Å². The average molecular weight is 154 g/mol. The quantitative estimate of drug-likeness (QED) is 0.353. The summed E-state index contributed by atoms with van der Waals surface area (Å²) in [7, 11) is 1.39. The highest BCUT2D eigenvalue weighted by Crippen LogP contribution is 2.02. The highest BCUT2D eigenvalue weighted by Gasteiger charge is 2.03. The fraction of sp³-hybridized carbons (Fsp3) is 0.444. The Labute approximate surface area is 67.6 Å². The van der Waals surface area contributed by atoms with Crippen LogP contribution < -0.4 is 0 Å². The zero-order valence-corrected chi connectivity index (χ0v) is 7.26. The second kappa shape index (κ2) is 5.71. The molecule has 0 saturated heterocycles. The first-order valence-electron chi connectivity index (χ1n) is 3.66. The third kappa shape index (κ3) is 3.61. The molecular weight excluding hydrogens is 140 g/mol. The van der Waals surface area contributed by atoms with Crippen molar-refractivity contribution in [3.8, 4) is 0 Å². The van der Waals surface area contributed by atoms with Crippen molar-refractivity contribution < 1.29 is 9.53 Å². The van der Waals surface area contributed by atoms with E-state index >= 15 is 0 Å². The van der Waals surface area contributed by atoms with Gasteiger partial charge in [-0.1, -0.05) is 25.2 Å². The SMILES string of the molecule is C/C=C\C=C(/CC)C(=O)OC. The van der Waals surface area contributed by atoms with Gasteiger partial charge in [0.1, 0.15) is 0 Å². The zero-order chi connectivity index (χ0) is 8.69. The minimum absolute atomic E-state index is 0.245. The van der Waals surface area contributed by atoms with Crippen LogP contribution in [0.25, 0.3) is 0 Å². The van der Waals surface area contributed by atoms with Gasteiger partial charge in [-0.05, 0) is 13.3 Å². The van der Waals surface area contributed by atoms with E-state index in [9.17, 15) is 4.79 Å². The number of rotatable bonds is 3. The Balaban J connectivity index is 4.26. The molecule has 0 atom stereocenters. The Morgan fingerprint density at radius 3 is 2.55 bits per heavy atom. The molecule has 0 aliphatic heterocycles. The summed E-state index contributed by atoms with van der Waals surface area (Å²) in [6.45, 7) is 3.83. The number of methoxy groups -OCH3 is 1. The molecule has 0 heterocycles.